The Hall–Kier alpha value is -1.18. The average Bonchev–Trinajstić information content (AvgIpc) is 2.14. The third-order valence-electron chi connectivity index (χ3n) is 0.891. The Morgan fingerprint density at radius 2 is 1.71 bits per heavy atom. The first kappa shape index (κ1) is 18.6. The fourth-order valence-corrected chi connectivity index (χ4v) is 0.348. The highest BCUT2D eigenvalue weighted by Gasteiger charge is 1.71. The maximum Gasteiger partial charge on any atom is 0.126 e. The Labute approximate surface area is 88.4 Å². The maximum atomic E-state index is 9.44. The van der Waals surface area contributed by atoms with Gasteiger partial charge in [-0.05, 0) is 27.0 Å². The van der Waals surface area contributed by atoms with Crippen LogP contribution < -0.4 is 0 Å². The summed E-state index contributed by atoms with van der Waals surface area (Å²) in [5.41, 5.74) is 0. The number of unbranched alkanes of at least 4 members (excludes halogenated alkanes) is 2. The molecule has 0 bridgehead atoms. The zero-order valence-electron chi connectivity index (χ0n) is 9.75. The third kappa shape index (κ3) is 131. The molecule has 0 amide bonds. The van der Waals surface area contributed by atoms with Crippen LogP contribution in [0.4, 0.5) is 0 Å². The Morgan fingerprint density at radius 3 is 1.79 bits per heavy atom. The van der Waals surface area contributed by atoms with E-state index in [0.29, 0.717) is 0 Å². The number of hydrogen-bond donors (Lipinski definition) is 0. The van der Waals surface area contributed by atoms with Gasteiger partial charge in [0.25, 0.3) is 0 Å². The monoisotopic (exact) mass is 197 g/mol. The Balaban J connectivity index is -0.000000135. The maximum absolute atomic E-state index is 9.44. The molecule has 0 spiro atoms. The molecule has 0 unspecified atom stereocenters. The van der Waals surface area contributed by atoms with E-state index in [9.17, 15) is 4.79 Å². The number of carbonyl (C=O) groups excluding carboxylic acids is 1. The summed E-state index contributed by atoms with van der Waals surface area (Å²) in [5.74, 6) is 0.167. The zero-order chi connectivity index (χ0) is 11.8. The highest BCUT2D eigenvalue weighted by molar-refractivity contribution is 5.72. The van der Waals surface area contributed by atoms with Crippen molar-refractivity contribution in [3.05, 3.63) is 25.4 Å². The summed E-state index contributed by atoms with van der Waals surface area (Å²) in [7, 11) is 0. The van der Waals surface area contributed by atoms with Crippen LogP contribution in [0.5, 0.6) is 0 Å². The van der Waals surface area contributed by atoms with Crippen LogP contribution in [0.1, 0.15) is 40.0 Å². The summed E-state index contributed by atoms with van der Waals surface area (Å²) < 4.78 is 0. The smallest absolute Gasteiger partial charge is 0.126 e. The van der Waals surface area contributed by atoms with Crippen LogP contribution in [0.3, 0.4) is 0 Å². The Kier molecular flexibility index (Phi) is 30.0. The molecular weight excluding hydrogens is 174 g/mol. The number of rotatable bonds is 4. The van der Waals surface area contributed by atoms with Crippen molar-refractivity contribution in [2.75, 3.05) is 0 Å². The molecule has 0 aromatic carbocycles. The quantitative estimate of drug-likeness (QED) is 0.383. The normalized spacial score (nSPS) is 6.79. The largest absolute Gasteiger partial charge is 0.300 e. The number of aliphatic imine (C=N–C) groups is 1. The molecule has 0 aromatic rings. The van der Waals surface area contributed by atoms with Gasteiger partial charge >= 0.3 is 0 Å². The van der Waals surface area contributed by atoms with Crippen molar-refractivity contribution in [1.82, 2.24) is 0 Å². The SMILES string of the molecule is C=CCCCC.C=CN=C.CC(C)=O. The molecule has 0 N–H and O–H groups in total. The first-order valence-corrected chi connectivity index (χ1v) is 4.71. The summed E-state index contributed by atoms with van der Waals surface area (Å²) in [5, 5.41) is 0. The molecule has 2 heteroatoms. The minimum Gasteiger partial charge on any atom is -0.300 e. The van der Waals surface area contributed by atoms with Gasteiger partial charge in [0.05, 0.1) is 0 Å². The van der Waals surface area contributed by atoms with E-state index >= 15 is 0 Å². The van der Waals surface area contributed by atoms with Gasteiger partial charge in [0, 0.05) is 6.20 Å². The molecular formula is C12H23NO. The second-order valence-corrected chi connectivity index (χ2v) is 2.70. The van der Waals surface area contributed by atoms with Crippen molar-refractivity contribution in [2.24, 2.45) is 4.99 Å². The van der Waals surface area contributed by atoms with Gasteiger partial charge in [0.1, 0.15) is 5.78 Å². The van der Waals surface area contributed by atoms with Gasteiger partial charge in [0.2, 0.25) is 0 Å². The van der Waals surface area contributed by atoms with E-state index in [1.807, 2.05) is 6.08 Å². The van der Waals surface area contributed by atoms with Gasteiger partial charge in [-0.15, -0.1) is 6.58 Å². The molecule has 0 rings (SSSR count). The number of hydrogen-bond acceptors (Lipinski definition) is 2. The minimum atomic E-state index is 0.167. The predicted molar refractivity (Wildman–Crippen MR) is 65.8 cm³/mol. The van der Waals surface area contributed by atoms with E-state index in [-0.39, 0.29) is 5.78 Å². The van der Waals surface area contributed by atoms with Crippen molar-refractivity contribution in [2.45, 2.75) is 40.0 Å². The van der Waals surface area contributed by atoms with Gasteiger partial charge in [-0.1, -0.05) is 32.4 Å². The van der Waals surface area contributed by atoms with Crippen LogP contribution in [-0.2, 0) is 4.79 Å². The molecule has 0 aliphatic carbocycles. The number of nitrogens with zero attached hydrogens (tertiary/aromatic N) is 1. The molecule has 0 aliphatic rings. The lowest BCUT2D eigenvalue weighted by atomic mass is 10.3. The van der Waals surface area contributed by atoms with Gasteiger partial charge in [-0.25, -0.2) is 0 Å². The number of allylic oxidation sites excluding steroid dienone is 1. The molecule has 2 nitrogen and oxygen atoms in total. The highest BCUT2D eigenvalue weighted by atomic mass is 16.1. The molecule has 0 heterocycles. The average molecular weight is 197 g/mol. The van der Waals surface area contributed by atoms with Crippen molar-refractivity contribution >= 4 is 12.5 Å². The van der Waals surface area contributed by atoms with Crippen LogP contribution >= 0.6 is 0 Å². The highest BCUT2D eigenvalue weighted by Crippen LogP contribution is 1.91. The van der Waals surface area contributed by atoms with Gasteiger partial charge < -0.3 is 4.79 Å². The van der Waals surface area contributed by atoms with Crippen molar-refractivity contribution in [3.63, 3.8) is 0 Å². The molecule has 0 atom stereocenters. The Bertz CT molecular complexity index is 140. The molecule has 0 aromatic heterocycles. The number of Topliss-reactive ketones (excluding diaryl/α,β-unsaturated/α-hetero) is 1. The summed E-state index contributed by atoms with van der Waals surface area (Å²) in [4.78, 5) is 12.7. The van der Waals surface area contributed by atoms with Crippen LogP contribution in [0.25, 0.3) is 0 Å². The fraction of sp³-hybridized carbons (Fsp3) is 0.500. The summed E-state index contributed by atoms with van der Waals surface area (Å²) >= 11 is 0. The lowest BCUT2D eigenvalue weighted by Crippen LogP contribution is -1.69. The molecule has 82 valence electrons. The minimum absolute atomic E-state index is 0.167. The van der Waals surface area contributed by atoms with Gasteiger partial charge in [0.15, 0.2) is 0 Å². The molecule has 0 radical (unpaired) electrons. The lowest BCUT2D eigenvalue weighted by molar-refractivity contribution is -0.114. The Morgan fingerprint density at radius 1 is 1.36 bits per heavy atom. The first-order valence-electron chi connectivity index (χ1n) is 4.71. The van der Waals surface area contributed by atoms with Gasteiger partial charge in [-0.2, -0.15) is 0 Å². The van der Waals surface area contributed by atoms with Crippen LogP contribution in [-0.4, -0.2) is 12.5 Å². The van der Waals surface area contributed by atoms with Crippen LogP contribution in [0, 0.1) is 0 Å². The number of carbonyl (C=O) groups is 1. The van der Waals surface area contributed by atoms with E-state index < -0.39 is 0 Å². The molecule has 0 fully saturated rings. The van der Waals surface area contributed by atoms with E-state index in [4.69, 9.17) is 0 Å². The van der Waals surface area contributed by atoms with Crippen molar-refractivity contribution < 1.29 is 4.79 Å². The predicted octanol–water partition coefficient (Wildman–Crippen LogP) is 3.79. The van der Waals surface area contributed by atoms with E-state index in [2.05, 4.69) is 31.8 Å². The summed E-state index contributed by atoms with van der Waals surface area (Å²) in [6, 6.07) is 0. The molecule has 0 saturated heterocycles. The fourth-order valence-electron chi connectivity index (χ4n) is 0.348. The van der Waals surface area contributed by atoms with Crippen molar-refractivity contribution in [1.29, 1.82) is 0 Å². The van der Waals surface area contributed by atoms with E-state index in [1.54, 1.807) is 0 Å². The second kappa shape index (κ2) is 22.6. The van der Waals surface area contributed by atoms with Crippen LogP contribution in [0.15, 0.2) is 30.4 Å². The van der Waals surface area contributed by atoms with E-state index in [1.165, 1.54) is 39.3 Å². The van der Waals surface area contributed by atoms with Crippen LogP contribution in [0.2, 0.25) is 0 Å². The van der Waals surface area contributed by atoms with Gasteiger partial charge in [-0.3, -0.25) is 4.99 Å². The van der Waals surface area contributed by atoms with E-state index in [0.717, 1.165) is 0 Å². The topological polar surface area (TPSA) is 29.4 Å². The zero-order valence-corrected chi connectivity index (χ0v) is 9.75. The molecule has 14 heavy (non-hydrogen) atoms. The third-order valence-corrected chi connectivity index (χ3v) is 0.891. The van der Waals surface area contributed by atoms with Crippen molar-refractivity contribution in [3.8, 4) is 0 Å². The summed E-state index contributed by atoms with van der Waals surface area (Å²) in [6.45, 7) is 15.2. The summed E-state index contributed by atoms with van der Waals surface area (Å²) in [6.07, 6.45) is 7.11. The molecule has 0 aliphatic heterocycles. The lowest BCUT2D eigenvalue weighted by Gasteiger charge is -1.81. The standard InChI is InChI=1S/C6H12.C3H5N.C3H6O/c1-3-5-6-4-2;1-3-4-2;1-3(2)4/h3H,1,4-6H2,2H3;3H,1-2H2;1-2H3. The number of ketones is 1. The molecule has 0 saturated carbocycles. The second-order valence-electron chi connectivity index (χ2n) is 2.70. The first-order chi connectivity index (χ1) is 6.56.